The number of hydrogen-bond acceptors (Lipinski definition) is 5. The fourth-order valence-electron chi connectivity index (χ4n) is 3.78. The predicted octanol–water partition coefficient (Wildman–Crippen LogP) is 3.89. The number of nitrogens with zero attached hydrogens (tertiary/aromatic N) is 4. The molecule has 1 N–H and O–H groups in total. The van der Waals surface area contributed by atoms with Crippen molar-refractivity contribution in [2.24, 2.45) is 0 Å². The molecule has 31 heavy (non-hydrogen) atoms. The first-order chi connectivity index (χ1) is 15.1. The minimum absolute atomic E-state index is 0.0121. The zero-order valence-corrected chi connectivity index (χ0v) is 16.9. The molecule has 1 fully saturated rings. The van der Waals surface area contributed by atoms with Crippen LogP contribution in [0.15, 0.2) is 72.9 Å². The van der Waals surface area contributed by atoms with Crippen molar-refractivity contribution in [3.05, 3.63) is 94.2 Å². The van der Waals surface area contributed by atoms with E-state index in [-0.39, 0.29) is 17.6 Å². The van der Waals surface area contributed by atoms with Crippen LogP contribution < -0.4 is 5.32 Å². The molecule has 2 aromatic carbocycles. The van der Waals surface area contributed by atoms with Crippen LogP contribution >= 0.6 is 0 Å². The maximum atomic E-state index is 12.4. The molecule has 8 nitrogen and oxygen atoms in total. The summed E-state index contributed by atoms with van der Waals surface area (Å²) in [5.41, 5.74) is 1.86. The molecule has 1 unspecified atom stereocenters. The molecule has 1 aromatic heterocycles. The number of non-ortho nitro benzene ring substituents is 1. The highest BCUT2D eigenvalue weighted by Crippen LogP contribution is 2.26. The quantitative estimate of drug-likeness (QED) is 0.358. The Labute approximate surface area is 180 Å². The third kappa shape index (κ3) is 5.23. The zero-order chi connectivity index (χ0) is 21.6. The van der Waals surface area contributed by atoms with Crippen LogP contribution in [0.1, 0.15) is 23.6 Å². The van der Waals surface area contributed by atoms with Gasteiger partial charge in [-0.05, 0) is 23.6 Å². The number of carbonyl (C=O) groups is 1. The summed E-state index contributed by atoms with van der Waals surface area (Å²) in [7, 11) is 0. The third-order valence-electron chi connectivity index (χ3n) is 5.27. The number of carbonyl (C=O) groups excluding carboxylic acids is 1. The second-order valence-electron chi connectivity index (χ2n) is 7.50. The van der Waals surface area contributed by atoms with E-state index in [0.29, 0.717) is 11.4 Å². The van der Waals surface area contributed by atoms with Crippen LogP contribution in [0.5, 0.6) is 0 Å². The number of aromatic nitrogens is 2. The van der Waals surface area contributed by atoms with Gasteiger partial charge in [0.05, 0.1) is 17.2 Å². The van der Waals surface area contributed by atoms with Gasteiger partial charge in [0, 0.05) is 43.9 Å². The molecule has 1 aliphatic rings. The zero-order valence-electron chi connectivity index (χ0n) is 16.9. The van der Waals surface area contributed by atoms with E-state index < -0.39 is 4.92 Å². The second kappa shape index (κ2) is 9.36. The van der Waals surface area contributed by atoms with Crippen LogP contribution in [-0.2, 0) is 11.3 Å². The molecule has 1 saturated heterocycles. The van der Waals surface area contributed by atoms with Gasteiger partial charge in [0.25, 0.3) is 5.69 Å². The molecule has 0 bridgehead atoms. The van der Waals surface area contributed by atoms with Crippen LogP contribution in [0.3, 0.4) is 0 Å². The lowest BCUT2D eigenvalue weighted by Gasteiger charge is -2.17. The maximum absolute atomic E-state index is 12.4. The fourth-order valence-corrected chi connectivity index (χ4v) is 3.78. The van der Waals surface area contributed by atoms with E-state index >= 15 is 0 Å². The van der Waals surface area contributed by atoms with E-state index in [2.05, 4.69) is 27.4 Å². The largest absolute Gasteiger partial charge is 0.307 e. The van der Waals surface area contributed by atoms with E-state index in [1.54, 1.807) is 30.5 Å². The number of benzene rings is 2. The minimum Gasteiger partial charge on any atom is -0.307 e. The molecule has 0 spiro atoms. The van der Waals surface area contributed by atoms with Gasteiger partial charge in [-0.1, -0.05) is 42.5 Å². The van der Waals surface area contributed by atoms with Crippen molar-refractivity contribution in [2.75, 3.05) is 18.4 Å². The number of likely N-dealkylation sites (tertiary alicyclic amines) is 1. The van der Waals surface area contributed by atoms with Crippen LogP contribution in [0.4, 0.5) is 11.5 Å². The molecule has 1 aliphatic heterocycles. The normalized spacial score (nSPS) is 16.6. The molecular formula is C23H23N5O3. The molecule has 2 heterocycles. The molecule has 1 atom stereocenters. The highest BCUT2D eigenvalue weighted by Gasteiger charge is 2.26. The van der Waals surface area contributed by atoms with E-state index in [0.717, 1.165) is 26.1 Å². The standard InChI is InChI=1S/C23H23N5O3/c29-23(10-9-18-7-4-8-20(15-18)28(30)31)25-22-11-13-24-27(22)21-12-14-26(17-21)16-19-5-2-1-3-6-19/h1-11,13,15,21H,12,14,16-17H2,(H,25,29). The number of nitrogens with one attached hydrogen (secondary N) is 1. The Hall–Kier alpha value is -3.78. The lowest BCUT2D eigenvalue weighted by atomic mass is 10.2. The van der Waals surface area contributed by atoms with Gasteiger partial charge in [0.2, 0.25) is 5.91 Å². The molecular weight excluding hydrogens is 394 g/mol. The monoisotopic (exact) mass is 417 g/mol. The Morgan fingerprint density at radius 1 is 1.19 bits per heavy atom. The van der Waals surface area contributed by atoms with Gasteiger partial charge < -0.3 is 5.32 Å². The van der Waals surface area contributed by atoms with Gasteiger partial charge in [-0.2, -0.15) is 5.10 Å². The fraction of sp³-hybridized carbons (Fsp3) is 0.217. The summed E-state index contributed by atoms with van der Waals surface area (Å²) in [6, 6.07) is 18.5. The van der Waals surface area contributed by atoms with Crippen LogP contribution in [0.2, 0.25) is 0 Å². The Morgan fingerprint density at radius 2 is 2.03 bits per heavy atom. The smallest absolute Gasteiger partial charge is 0.270 e. The average Bonchev–Trinajstić information content (AvgIpc) is 3.42. The number of anilines is 1. The number of nitro groups is 1. The Balaban J connectivity index is 1.37. The summed E-state index contributed by atoms with van der Waals surface area (Å²) in [6.45, 7) is 2.73. The third-order valence-corrected chi connectivity index (χ3v) is 5.27. The number of amides is 1. The topological polar surface area (TPSA) is 93.3 Å². The van der Waals surface area contributed by atoms with E-state index in [1.807, 2.05) is 22.9 Å². The van der Waals surface area contributed by atoms with Gasteiger partial charge in [-0.3, -0.25) is 19.8 Å². The van der Waals surface area contributed by atoms with E-state index in [1.165, 1.54) is 23.8 Å². The van der Waals surface area contributed by atoms with Gasteiger partial charge >= 0.3 is 0 Å². The minimum atomic E-state index is -0.460. The van der Waals surface area contributed by atoms with Crippen molar-refractivity contribution in [1.82, 2.24) is 14.7 Å². The summed E-state index contributed by atoms with van der Waals surface area (Å²) in [5, 5.41) is 18.2. The van der Waals surface area contributed by atoms with Crippen LogP contribution in [0.25, 0.3) is 6.08 Å². The van der Waals surface area contributed by atoms with Gasteiger partial charge in [-0.25, -0.2) is 4.68 Å². The molecule has 0 aliphatic carbocycles. The molecule has 8 heteroatoms. The summed E-state index contributed by atoms with van der Waals surface area (Å²) >= 11 is 0. The van der Waals surface area contributed by atoms with Gasteiger partial charge in [-0.15, -0.1) is 0 Å². The lowest BCUT2D eigenvalue weighted by Crippen LogP contribution is -2.22. The summed E-state index contributed by atoms with van der Waals surface area (Å²) in [5.74, 6) is 0.327. The highest BCUT2D eigenvalue weighted by molar-refractivity contribution is 6.01. The SMILES string of the molecule is O=C(C=Cc1cccc([N+](=O)[O-])c1)Nc1ccnn1C1CCN(Cc2ccccc2)C1. The molecule has 4 rings (SSSR count). The van der Waals surface area contributed by atoms with Crippen molar-refractivity contribution in [1.29, 1.82) is 0 Å². The van der Waals surface area contributed by atoms with Crippen molar-refractivity contribution >= 4 is 23.5 Å². The summed E-state index contributed by atoms with van der Waals surface area (Å²) < 4.78 is 1.87. The van der Waals surface area contributed by atoms with Gasteiger partial charge in [0.15, 0.2) is 0 Å². The van der Waals surface area contributed by atoms with Crippen molar-refractivity contribution < 1.29 is 9.72 Å². The van der Waals surface area contributed by atoms with Crippen molar-refractivity contribution in [3.8, 4) is 0 Å². The predicted molar refractivity (Wildman–Crippen MR) is 118 cm³/mol. The molecule has 3 aromatic rings. The average molecular weight is 417 g/mol. The summed E-state index contributed by atoms with van der Waals surface area (Å²) in [4.78, 5) is 25.2. The van der Waals surface area contributed by atoms with Gasteiger partial charge in [0.1, 0.15) is 5.82 Å². The maximum Gasteiger partial charge on any atom is 0.270 e. The highest BCUT2D eigenvalue weighted by atomic mass is 16.6. The Kier molecular flexibility index (Phi) is 6.18. The first kappa shape index (κ1) is 20.5. The molecule has 0 radical (unpaired) electrons. The molecule has 1 amide bonds. The summed E-state index contributed by atoms with van der Waals surface area (Å²) in [6.07, 6.45) is 5.56. The van der Waals surface area contributed by atoms with Crippen molar-refractivity contribution in [2.45, 2.75) is 19.0 Å². The van der Waals surface area contributed by atoms with Crippen LogP contribution in [-0.4, -0.2) is 38.6 Å². The Morgan fingerprint density at radius 3 is 2.84 bits per heavy atom. The number of rotatable bonds is 7. The van der Waals surface area contributed by atoms with E-state index in [4.69, 9.17) is 0 Å². The number of nitro benzene ring substituents is 1. The van der Waals surface area contributed by atoms with Crippen LogP contribution in [0, 0.1) is 10.1 Å². The second-order valence-corrected chi connectivity index (χ2v) is 7.50. The lowest BCUT2D eigenvalue weighted by molar-refractivity contribution is -0.384. The Bertz CT molecular complexity index is 1090. The van der Waals surface area contributed by atoms with E-state index in [9.17, 15) is 14.9 Å². The van der Waals surface area contributed by atoms with Crippen molar-refractivity contribution in [3.63, 3.8) is 0 Å². The molecule has 0 saturated carbocycles. The first-order valence-corrected chi connectivity index (χ1v) is 10.1. The first-order valence-electron chi connectivity index (χ1n) is 10.1. The number of hydrogen-bond donors (Lipinski definition) is 1. The molecule has 158 valence electrons.